The van der Waals surface area contributed by atoms with E-state index in [1.54, 1.807) is 12.0 Å². The molecule has 0 radical (unpaired) electrons. The van der Waals surface area contributed by atoms with Crippen molar-refractivity contribution in [2.45, 2.75) is 12.5 Å². The molecule has 5 heteroatoms. The first-order chi connectivity index (χ1) is 8.65. The van der Waals surface area contributed by atoms with Gasteiger partial charge in [-0.05, 0) is 24.6 Å². The van der Waals surface area contributed by atoms with E-state index < -0.39 is 5.82 Å². The fraction of sp³-hybridized carbons (Fsp3) is 0.385. The first kappa shape index (κ1) is 12.7. The number of likely N-dealkylation sites (tertiary alicyclic amines) is 1. The smallest absolute Gasteiger partial charge is 0.254 e. The fourth-order valence-corrected chi connectivity index (χ4v) is 2.04. The van der Waals surface area contributed by atoms with Crippen LogP contribution in [0.4, 0.5) is 4.39 Å². The van der Waals surface area contributed by atoms with Gasteiger partial charge in [0.25, 0.3) is 5.91 Å². The van der Waals surface area contributed by atoms with Gasteiger partial charge in [-0.1, -0.05) is 0 Å². The van der Waals surface area contributed by atoms with Gasteiger partial charge in [0.05, 0.1) is 11.7 Å². The van der Waals surface area contributed by atoms with Crippen molar-refractivity contribution in [3.05, 3.63) is 35.1 Å². The molecule has 1 aliphatic rings. The second kappa shape index (κ2) is 5.27. The molecule has 0 aliphatic carbocycles. The predicted molar refractivity (Wildman–Crippen MR) is 63.1 cm³/mol. The minimum Gasteiger partial charge on any atom is -0.380 e. The van der Waals surface area contributed by atoms with Crippen molar-refractivity contribution in [1.82, 2.24) is 4.90 Å². The zero-order valence-corrected chi connectivity index (χ0v) is 10.1. The van der Waals surface area contributed by atoms with Crippen LogP contribution in [0.5, 0.6) is 0 Å². The number of carbonyl (C=O) groups excluding carboxylic acids is 2. The zero-order valence-electron chi connectivity index (χ0n) is 10.1. The SMILES string of the molecule is COC1CCN(C(=O)c2ccc(C=O)c(F)c2)C1. The molecule has 4 nitrogen and oxygen atoms in total. The highest BCUT2D eigenvalue weighted by molar-refractivity contribution is 5.95. The van der Waals surface area contributed by atoms with Crippen LogP contribution < -0.4 is 0 Å². The van der Waals surface area contributed by atoms with E-state index in [9.17, 15) is 14.0 Å². The average Bonchev–Trinajstić information content (AvgIpc) is 2.86. The summed E-state index contributed by atoms with van der Waals surface area (Å²) < 4.78 is 18.6. The van der Waals surface area contributed by atoms with Gasteiger partial charge in [-0.15, -0.1) is 0 Å². The van der Waals surface area contributed by atoms with Crippen LogP contribution in [-0.4, -0.2) is 43.4 Å². The molecule has 1 aromatic carbocycles. The van der Waals surface area contributed by atoms with Gasteiger partial charge in [-0.25, -0.2) is 4.39 Å². The summed E-state index contributed by atoms with van der Waals surface area (Å²) in [6.45, 7) is 1.13. The largest absolute Gasteiger partial charge is 0.380 e. The molecule has 0 N–H and O–H groups in total. The van der Waals surface area contributed by atoms with Crippen LogP contribution in [0.1, 0.15) is 27.1 Å². The van der Waals surface area contributed by atoms with Crippen LogP contribution in [0.25, 0.3) is 0 Å². The molecule has 1 aliphatic heterocycles. The van der Waals surface area contributed by atoms with E-state index in [0.29, 0.717) is 19.4 Å². The molecule has 18 heavy (non-hydrogen) atoms. The lowest BCUT2D eigenvalue weighted by molar-refractivity contribution is 0.0723. The highest BCUT2D eigenvalue weighted by Gasteiger charge is 2.27. The number of rotatable bonds is 3. The van der Waals surface area contributed by atoms with E-state index in [1.807, 2.05) is 0 Å². The summed E-state index contributed by atoms with van der Waals surface area (Å²) in [6, 6.07) is 3.89. The van der Waals surface area contributed by atoms with Crippen molar-refractivity contribution in [1.29, 1.82) is 0 Å². The van der Waals surface area contributed by atoms with Gasteiger partial charge in [0.15, 0.2) is 6.29 Å². The molecule has 1 amide bonds. The Morgan fingerprint density at radius 3 is 2.89 bits per heavy atom. The number of methoxy groups -OCH3 is 1. The van der Waals surface area contributed by atoms with Gasteiger partial charge in [-0.2, -0.15) is 0 Å². The Morgan fingerprint density at radius 2 is 2.33 bits per heavy atom. The quantitative estimate of drug-likeness (QED) is 0.765. The third kappa shape index (κ3) is 2.41. The molecule has 0 spiro atoms. The van der Waals surface area contributed by atoms with E-state index in [4.69, 9.17) is 4.74 Å². The Bertz CT molecular complexity index is 475. The number of halogens is 1. The molecule has 1 aromatic rings. The van der Waals surface area contributed by atoms with Gasteiger partial charge in [0.2, 0.25) is 0 Å². The summed E-state index contributed by atoms with van der Waals surface area (Å²) in [6.07, 6.45) is 1.27. The summed E-state index contributed by atoms with van der Waals surface area (Å²) in [7, 11) is 1.61. The summed E-state index contributed by atoms with van der Waals surface area (Å²) in [5, 5.41) is 0. The Kier molecular flexibility index (Phi) is 3.72. The van der Waals surface area contributed by atoms with Crippen molar-refractivity contribution >= 4 is 12.2 Å². The fourth-order valence-electron chi connectivity index (χ4n) is 2.04. The highest BCUT2D eigenvalue weighted by atomic mass is 19.1. The molecule has 0 saturated carbocycles. The van der Waals surface area contributed by atoms with Crippen molar-refractivity contribution in [2.24, 2.45) is 0 Å². The predicted octanol–water partition coefficient (Wildman–Crippen LogP) is 1.50. The molecule has 0 aromatic heterocycles. The topological polar surface area (TPSA) is 46.6 Å². The maximum atomic E-state index is 13.4. The molecular weight excluding hydrogens is 237 g/mol. The minimum absolute atomic E-state index is 0.0391. The van der Waals surface area contributed by atoms with Crippen LogP contribution in [0.15, 0.2) is 18.2 Å². The van der Waals surface area contributed by atoms with Crippen molar-refractivity contribution in [3.63, 3.8) is 0 Å². The van der Waals surface area contributed by atoms with E-state index in [1.165, 1.54) is 12.1 Å². The van der Waals surface area contributed by atoms with Gasteiger partial charge < -0.3 is 9.64 Å². The summed E-state index contributed by atoms with van der Waals surface area (Å²) in [5.74, 6) is -0.899. The number of carbonyl (C=O) groups is 2. The van der Waals surface area contributed by atoms with Crippen LogP contribution in [0.2, 0.25) is 0 Å². The van der Waals surface area contributed by atoms with Gasteiger partial charge >= 0.3 is 0 Å². The third-order valence-corrected chi connectivity index (χ3v) is 3.14. The second-order valence-electron chi connectivity index (χ2n) is 4.25. The molecule has 1 heterocycles. The summed E-state index contributed by atoms with van der Waals surface area (Å²) in [4.78, 5) is 24.2. The Balaban J connectivity index is 2.14. The Morgan fingerprint density at radius 1 is 1.56 bits per heavy atom. The van der Waals surface area contributed by atoms with Crippen LogP contribution >= 0.6 is 0 Å². The van der Waals surface area contributed by atoms with Crippen molar-refractivity contribution in [3.8, 4) is 0 Å². The molecule has 1 unspecified atom stereocenters. The van der Waals surface area contributed by atoms with Crippen LogP contribution in [0, 0.1) is 5.82 Å². The highest BCUT2D eigenvalue weighted by Crippen LogP contribution is 2.17. The van der Waals surface area contributed by atoms with Crippen LogP contribution in [0.3, 0.4) is 0 Å². The normalized spacial score (nSPS) is 19.0. The molecule has 1 atom stereocenters. The van der Waals surface area contributed by atoms with E-state index in [2.05, 4.69) is 0 Å². The number of hydrogen-bond donors (Lipinski definition) is 0. The monoisotopic (exact) mass is 251 g/mol. The summed E-state index contributed by atoms with van der Waals surface area (Å²) >= 11 is 0. The van der Waals surface area contributed by atoms with Gasteiger partial charge in [0.1, 0.15) is 5.82 Å². The van der Waals surface area contributed by atoms with Gasteiger partial charge in [-0.3, -0.25) is 9.59 Å². The van der Waals surface area contributed by atoms with Crippen LogP contribution in [-0.2, 0) is 4.74 Å². The Hall–Kier alpha value is -1.75. The number of nitrogens with zero attached hydrogens (tertiary/aromatic N) is 1. The van der Waals surface area contributed by atoms with Gasteiger partial charge in [0, 0.05) is 25.8 Å². The zero-order chi connectivity index (χ0) is 13.1. The lowest BCUT2D eigenvalue weighted by Gasteiger charge is -2.16. The van der Waals surface area contributed by atoms with Crippen molar-refractivity contribution in [2.75, 3.05) is 20.2 Å². The number of amides is 1. The standard InChI is InChI=1S/C13H14FNO3/c1-18-11-4-5-15(7-11)13(17)9-2-3-10(8-16)12(14)6-9/h2-3,6,8,11H,4-5,7H2,1H3. The lowest BCUT2D eigenvalue weighted by atomic mass is 10.1. The molecular formula is C13H14FNO3. The molecule has 1 fully saturated rings. The number of ether oxygens (including phenoxy) is 1. The number of aldehydes is 1. The minimum atomic E-state index is -0.668. The Labute approximate surface area is 104 Å². The van der Waals surface area contributed by atoms with E-state index >= 15 is 0 Å². The molecule has 1 saturated heterocycles. The lowest BCUT2D eigenvalue weighted by Crippen LogP contribution is -2.30. The van der Waals surface area contributed by atoms with E-state index in [-0.39, 0.29) is 23.1 Å². The maximum absolute atomic E-state index is 13.4. The van der Waals surface area contributed by atoms with E-state index in [0.717, 1.165) is 12.5 Å². The second-order valence-corrected chi connectivity index (χ2v) is 4.25. The molecule has 96 valence electrons. The third-order valence-electron chi connectivity index (χ3n) is 3.14. The first-order valence-corrected chi connectivity index (χ1v) is 5.72. The first-order valence-electron chi connectivity index (χ1n) is 5.72. The summed E-state index contributed by atoms with van der Waals surface area (Å²) in [5.41, 5.74) is 0.220. The molecule has 2 rings (SSSR count). The maximum Gasteiger partial charge on any atom is 0.254 e. The number of benzene rings is 1. The number of hydrogen-bond acceptors (Lipinski definition) is 3. The van der Waals surface area contributed by atoms with Crippen molar-refractivity contribution < 1.29 is 18.7 Å². The molecule has 0 bridgehead atoms. The average molecular weight is 251 g/mol.